The van der Waals surface area contributed by atoms with Gasteiger partial charge >= 0.3 is 0 Å². The third kappa shape index (κ3) is 3.97. The van der Waals surface area contributed by atoms with Gasteiger partial charge in [-0.1, -0.05) is 12.1 Å². The minimum absolute atomic E-state index is 0.294. The molecule has 2 aromatic rings. The van der Waals surface area contributed by atoms with Crippen LogP contribution in [0.15, 0.2) is 52.4 Å². The average molecular weight is 412 g/mol. The fourth-order valence-electron chi connectivity index (χ4n) is 3.93. The van der Waals surface area contributed by atoms with Crippen molar-refractivity contribution in [2.24, 2.45) is 4.99 Å². The molecule has 0 aromatic heterocycles. The van der Waals surface area contributed by atoms with Crippen LogP contribution < -0.4 is 15.0 Å². The fraction of sp³-hybridized carbons (Fsp3) is 0.364. The molecular weight excluding hydrogens is 386 g/mol. The Kier molecular flexibility index (Phi) is 5.78. The lowest BCUT2D eigenvalue weighted by Crippen LogP contribution is -2.45. The SMILES string of the molecule is COc1ccc(C2Cc3cc(SC)ccc3N(CC3=NCCN3)C(=O)C2O)cc1. The Morgan fingerprint density at radius 2 is 2.07 bits per heavy atom. The first-order chi connectivity index (χ1) is 14.1. The van der Waals surface area contributed by atoms with E-state index in [0.717, 1.165) is 39.8 Å². The van der Waals surface area contributed by atoms with Crippen LogP contribution in [-0.4, -0.2) is 56.0 Å². The van der Waals surface area contributed by atoms with Gasteiger partial charge in [0.05, 0.1) is 20.2 Å². The Balaban J connectivity index is 1.74. The number of hydrogen-bond donors (Lipinski definition) is 2. The average Bonchev–Trinajstić information content (AvgIpc) is 3.25. The quantitative estimate of drug-likeness (QED) is 0.740. The number of benzene rings is 2. The van der Waals surface area contributed by atoms with E-state index < -0.39 is 6.10 Å². The Labute approximate surface area is 175 Å². The Morgan fingerprint density at radius 1 is 1.28 bits per heavy atom. The highest BCUT2D eigenvalue weighted by Gasteiger charge is 2.37. The molecule has 2 N–H and O–H groups in total. The second-order valence-electron chi connectivity index (χ2n) is 7.20. The lowest BCUT2D eigenvalue weighted by Gasteiger charge is -2.25. The third-order valence-electron chi connectivity index (χ3n) is 5.51. The van der Waals surface area contributed by atoms with Gasteiger partial charge in [-0.3, -0.25) is 9.79 Å². The molecule has 29 heavy (non-hydrogen) atoms. The zero-order valence-electron chi connectivity index (χ0n) is 16.6. The smallest absolute Gasteiger partial charge is 0.256 e. The molecule has 2 aromatic carbocycles. The molecule has 7 heteroatoms. The first-order valence-corrected chi connectivity index (χ1v) is 10.9. The zero-order chi connectivity index (χ0) is 20.4. The highest BCUT2D eigenvalue weighted by molar-refractivity contribution is 7.98. The van der Waals surface area contributed by atoms with Gasteiger partial charge < -0.3 is 20.1 Å². The van der Waals surface area contributed by atoms with Gasteiger partial charge in [0.15, 0.2) is 0 Å². The van der Waals surface area contributed by atoms with Gasteiger partial charge in [0.2, 0.25) is 0 Å². The highest BCUT2D eigenvalue weighted by atomic mass is 32.2. The Hall–Kier alpha value is -2.51. The number of fused-ring (bicyclic) bond motifs is 1. The van der Waals surface area contributed by atoms with Gasteiger partial charge in [-0.15, -0.1) is 11.8 Å². The number of aliphatic hydroxyl groups excluding tert-OH is 1. The first-order valence-electron chi connectivity index (χ1n) is 9.68. The number of anilines is 1. The van der Waals surface area contributed by atoms with Crippen LogP contribution in [0.3, 0.4) is 0 Å². The van der Waals surface area contributed by atoms with E-state index in [-0.39, 0.29) is 11.8 Å². The minimum atomic E-state index is -1.13. The van der Waals surface area contributed by atoms with Crippen molar-refractivity contribution in [3.63, 3.8) is 0 Å². The van der Waals surface area contributed by atoms with E-state index in [1.165, 1.54) is 0 Å². The van der Waals surface area contributed by atoms with Gasteiger partial charge in [0, 0.05) is 23.0 Å². The molecule has 152 valence electrons. The lowest BCUT2D eigenvalue weighted by atomic mass is 9.88. The number of nitrogens with zero attached hydrogens (tertiary/aromatic N) is 2. The first kappa shape index (κ1) is 19.8. The number of rotatable bonds is 5. The maximum Gasteiger partial charge on any atom is 0.256 e. The summed E-state index contributed by atoms with van der Waals surface area (Å²) in [6.45, 7) is 1.84. The summed E-state index contributed by atoms with van der Waals surface area (Å²) >= 11 is 1.67. The number of hydrogen-bond acceptors (Lipinski definition) is 6. The molecule has 0 saturated carbocycles. The molecule has 1 amide bonds. The van der Waals surface area contributed by atoms with Crippen LogP contribution in [0, 0.1) is 0 Å². The summed E-state index contributed by atoms with van der Waals surface area (Å²) in [5, 5.41) is 14.3. The number of amidine groups is 1. The summed E-state index contributed by atoms with van der Waals surface area (Å²) in [7, 11) is 1.62. The second-order valence-corrected chi connectivity index (χ2v) is 8.08. The lowest BCUT2D eigenvalue weighted by molar-refractivity contribution is -0.127. The van der Waals surface area contributed by atoms with Crippen molar-refractivity contribution in [1.29, 1.82) is 0 Å². The van der Waals surface area contributed by atoms with E-state index in [0.29, 0.717) is 19.5 Å². The number of aliphatic imine (C=N–C) groups is 1. The summed E-state index contributed by atoms with van der Waals surface area (Å²) in [5.41, 5.74) is 2.82. The molecule has 2 atom stereocenters. The number of nitrogens with one attached hydrogen (secondary N) is 1. The number of ether oxygens (including phenoxy) is 1. The largest absolute Gasteiger partial charge is 0.497 e. The topological polar surface area (TPSA) is 74.2 Å². The van der Waals surface area contributed by atoms with Crippen LogP contribution >= 0.6 is 11.8 Å². The standard InChI is InChI=1S/C22H25N3O3S/c1-28-16-5-3-14(4-6-16)18-12-15-11-17(29-2)7-8-19(15)25(22(27)21(18)26)13-20-23-9-10-24-20/h3-8,11,18,21,26H,9-10,12-13H2,1-2H3,(H,23,24). The number of thioether (sulfide) groups is 1. The number of methoxy groups -OCH3 is 1. The van der Waals surface area contributed by atoms with Gasteiger partial charge in [-0.25, -0.2) is 0 Å². The number of aliphatic hydroxyl groups is 1. The van der Waals surface area contributed by atoms with Crippen LogP contribution in [0.4, 0.5) is 5.69 Å². The van der Waals surface area contributed by atoms with Crippen molar-refractivity contribution < 1.29 is 14.6 Å². The Bertz CT molecular complexity index is 929. The molecular formula is C22H25N3O3S. The van der Waals surface area contributed by atoms with Crippen molar-refractivity contribution in [3.8, 4) is 5.75 Å². The van der Waals surface area contributed by atoms with E-state index in [2.05, 4.69) is 16.4 Å². The molecule has 0 fully saturated rings. The molecule has 6 nitrogen and oxygen atoms in total. The Morgan fingerprint density at radius 3 is 2.72 bits per heavy atom. The maximum atomic E-state index is 13.3. The van der Waals surface area contributed by atoms with Crippen LogP contribution in [0.5, 0.6) is 5.75 Å². The van der Waals surface area contributed by atoms with Crippen LogP contribution in [0.2, 0.25) is 0 Å². The third-order valence-corrected chi connectivity index (χ3v) is 6.24. The molecule has 0 bridgehead atoms. The van der Waals surface area contributed by atoms with Gasteiger partial charge in [0.1, 0.15) is 17.7 Å². The summed E-state index contributed by atoms with van der Waals surface area (Å²) in [4.78, 5) is 20.6. The molecule has 4 rings (SSSR count). The maximum absolute atomic E-state index is 13.3. The molecule has 0 aliphatic carbocycles. The molecule has 0 spiro atoms. The van der Waals surface area contributed by atoms with Crippen molar-refractivity contribution >= 4 is 29.2 Å². The van der Waals surface area contributed by atoms with Crippen LogP contribution in [0.25, 0.3) is 0 Å². The summed E-state index contributed by atoms with van der Waals surface area (Å²) in [6.07, 6.45) is 1.49. The molecule has 2 heterocycles. The van der Waals surface area contributed by atoms with Gasteiger partial charge in [-0.2, -0.15) is 0 Å². The van der Waals surface area contributed by atoms with Crippen molar-refractivity contribution in [3.05, 3.63) is 53.6 Å². The molecule has 0 saturated heterocycles. The van der Waals surface area contributed by atoms with Crippen molar-refractivity contribution in [1.82, 2.24) is 5.32 Å². The molecule has 0 radical (unpaired) electrons. The van der Waals surface area contributed by atoms with Crippen LogP contribution in [0.1, 0.15) is 17.0 Å². The van der Waals surface area contributed by atoms with E-state index in [9.17, 15) is 9.90 Å². The molecule has 2 aliphatic rings. The predicted octanol–water partition coefficient (Wildman–Crippen LogP) is 2.45. The molecule has 2 aliphatic heterocycles. The minimum Gasteiger partial charge on any atom is -0.497 e. The monoisotopic (exact) mass is 411 g/mol. The zero-order valence-corrected chi connectivity index (χ0v) is 17.4. The number of carbonyl (C=O) groups excluding carboxylic acids is 1. The van der Waals surface area contributed by atoms with E-state index in [4.69, 9.17) is 4.74 Å². The van der Waals surface area contributed by atoms with Crippen molar-refractivity contribution in [2.75, 3.05) is 37.9 Å². The fourth-order valence-corrected chi connectivity index (χ4v) is 4.40. The van der Waals surface area contributed by atoms with E-state index >= 15 is 0 Å². The number of amides is 1. The summed E-state index contributed by atoms with van der Waals surface area (Å²) in [5.74, 6) is 0.916. The molecule has 2 unspecified atom stereocenters. The van der Waals surface area contributed by atoms with E-state index in [1.54, 1.807) is 23.8 Å². The van der Waals surface area contributed by atoms with Crippen molar-refractivity contribution in [2.45, 2.75) is 23.3 Å². The van der Waals surface area contributed by atoms with E-state index in [1.807, 2.05) is 42.7 Å². The summed E-state index contributed by atoms with van der Waals surface area (Å²) < 4.78 is 5.25. The highest BCUT2D eigenvalue weighted by Crippen LogP contribution is 2.37. The van der Waals surface area contributed by atoms with Gasteiger partial charge in [0.25, 0.3) is 5.91 Å². The summed E-state index contributed by atoms with van der Waals surface area (Å²) in [6, 6.07) is 13.7. The predicted molar refractivity (Wildman–Crippen MR) is 116 cm³/mol. The van der Waals surface area contributed by atoms with Crippen LogP contribution in [-0.2, 0) is 11.2 Å². The number of carbonyl (C=O) groups is 1. The normalized spacial score (nSPS) is 21.3. The van der Waals surface area contributed by atoms with Gasteiger partial charge in [-0.05, 0) is 54.1 Å². The second kappa shape index (κ2) is 8.47.